The van der Waals surface area contributed by atoms with Crippen LogP contribution in [0.25, 0.3) is 0 Å². The van der Waals surface area contributed by atoms with Gasteiger partial charge in [-0.15, -0.1) is 0 Å². The smallest absolute Gasteiger partial charge is 0.222 e. The molecule has 0 radical (unpaired) electrons. The van der Waals surface area contributed by atoms with Gasteiger partial charge in [-0.05, 0) is 26.8 Å². The zero-order valence-corrected chi connectivity index (χ0v) is 15.7. The van der Waals surface area contributed by atoms with Crippen molar-refractivity contribution in [3.8, 4) is 0 Å². The predicted molar refractivity (Wildman–Crippen MR) is 94.2 cm³/mol. The Labute approximate surface area is 149 Å². The SMILES string of the molecule is COCCN1CC[C@@]2(CCC1=O)CN(Cc1cc(C)no1)CCN2C. The first-order valence-electron chi connectivity index (χ1n) is 9.15. The van der Waals surface area contributed by atoms with Crippen LogP contribution in [0.1, 0.15) is 30.7 Å². The largest absolute Gasteiger partial charge is 0.383 e. The zero-order chi connectivity index (χ0) is 17.9. The molecule has 0 aromatic carbocycles. The fraction of sp³-hybridized carbons (Fsp3) is 0.778. The average molecular weight is 350 g/mol. The molecule has 0 bridgehead atoms. The Bertz CT molecular complexity index is 591. The first-order valence-corrected chi connectivity index (χ1v) is 9.15. The van der Waals surface area contributed by atoms with Crippen molar-refractivity contribution in [1.82, 2.24) is 19.9 Å². The highest BCUT2D eigenvalue weighted by atomic mass is 16.5. The fourth-order valence-electron chi connectivity index (χ4n) is 4.06. The Morgan fingerprint density at radius 2 is 2.16 bits per heavy atom. The molecule has 1 spiro atoms. The van der Waals surface area contributed by atoms with Crippen molar-refractivity contribution < 1.29 is 14.1 Å². The van der Waals surface area contributed by atoms with E-state index in [1.54, 1.807) is 7.11 Å². The number of aryl methyl sites for hydroxylation is 1. The summed E-state index contributed by atoms with van der Waals surface area (Å²) in [5.74, 6) is 1.17. The van der Waals surface area contributed by atoms with Gasteiger partial charge in [0.15, 0.2) is 5.76 Å². The van der Waals surface area contributed by atoms with Crippen LogP contribution < -0.4 is 0 Å². The van der Waals surface area contributed by atoms with Crippen LogP contribution in [0.3, 0.4) is 0 Å². The number of carbonyl (C=O) groups excluding carboxylic acids is 1. The second-order valence-corrected chi connectivity index (χ2v) is 7.41. The zero-order valence-electron chi connectivity index (χ0n) is 15.7. The van der Waals surface area contributed by atoms with Gasteiger partial charge in [-0.3, -0.25) is 14.6 Å². The molecule has 3 rings (SSSR count). The van der Waals surface area contributed by atoms with Crippen LogP contribution >= 0.6 is 0 Å². The summed E-state index contributed by atoms with van der Waals surface area (Å²) in [5.41, 5.74) is 0.984. The summed E-state index contributed by atoms with van der Waals surface area (Å²) in [6, 6.07) is 2.01. The van der Waals surface area contributed by atoms with Gasteiger partial charge in [-0.1, -0.05) is 5.16 Å². The lowest BCUT2D eigenvalue weighted by atomic mass is 9.86. The molecule has 1 aromatic heterocycles. The second-order valence-electron chi connectivity index (χ2n) is 7.41. The van der Waals surface area contributed by atoms with Gasteiger partial charge in [0.2, 0.25) is 5.91 Å². The quantitative estimate of drug-likeness (QED) is 0.793. The predicted octanol–water partition coefficient (Wildman–Crippen LogP) is 1.13. The summed E-state index contributed by atoms with van der Waals surface area (Å²) >= 11 is 0. The third-order valence-electron chi connectivity index (χ3n) is 5.70. The van der Waals surface area contributed by atoms with Crippen LogP contribution in [0.5, 0.6) is 0 Å². The summed E-state index contributed by atoms with van der Waals surface area (Å²) in [4.78, 5) is 19.3. The number of carbonyl (C=O) groups is 1. The highest BCUT2D eigenvalue weighted by Gasteiger charge is 2.42. The summed E-state index contributed by atoms with van der Waals surface area (Å²) in [6.07, 6.45) is 2.53. The van der Waals surface area contributed by atoms with Crippen molar-refractivity contribution in [3.63, 3.8) is 0 Å². The van der Waals surface area contributed by atoms with E-state index < -0.39 is 0 Å². The standard InChI is InChI=1S/C18H30N4O3/c1-15-12-16(25-19-15)13-21-9-8-20(2)18(14-21)5-4-17(23)22(7-6-18)10-11-24-3/h12H,4-11,13-14H2,1-3H3/t18-/m0/s1. The monoisotopic (exact) mass is 350 g/mol. The molecular formula is C18H30N4O3. The van der Waals surface area contributed by atoms with Gasteiger partial charge in [-0.25, -0.2) is 0 Å². The van der Waals surface area contributed by atoms with Gasteiger partial charge in [0.1, 0.15) is 0 Å². The topological polar surface area (TPSA) is 62.1 Å². The summed E-state index contributed by atoms with van der Waals surface area (Å²) in [5, 5.41) is 3.99. The highest BCUT2D eigenvalue weighted by molar-refractivity contribution is 5.76. The van der Waals surface area contributed by atoms with E-state index in [1.807, 2.05) is 17.9 Å². The molecule has 2 aliphatic rings. The van der Waals surface area contributed by atoms with Gasteiger partial charge in [0.25, 0.3) is 0 Å². The number of likely N-dealkylation sites (N-methyl/N-ethyl adjacent to an activating group) is 1. The van der Waals surface area contributed by atoms with Crippen LogP contribution in [0.4, 0.5) is 0 Å². The Morgan fingerprint density at radius 3 is 2.88 bits per heavy atom. The molecule has 3 heterocycles. The Balaban J connectivity index is 1.66. The maximum atomic E-state index is 12.4. The van der Waals surface area contributed by atoms with Gasteiger partial charge in [0, 0.05) is 57.9 Å². The van der Waals surface area contributed by atoms with E-state index in [0.717, 1.165) is 57.0 Å². The number of ether oxygens (including phenoxy) is 1. The van der Waals surface area contributed by atoms with Gasteiger partial charge >= 0.3 is 0 Å². The fourth-order valence-corrected chi connectivity index (χ4v) is 4.06. The molecule has 2 fully saturated rings. The van der Waals surface area contributed by atoms with Crippen LogP contribution in [-0.4, -0.2) is 84.8 Å². The lowest BCUT2D eigenvalue weighted by molar-refractivity contribution is -0.131. The molecule has 0 saturated carbocycles. The van der Waals surface area contributed by atoms with Crippen molar-refractivity contribution in [2.75, 3.05) is 53.5 Å². The van der Waals surface area contributed by atoms with E-state index in [9.17, 15) is 4.79 Å². The summed E-state index contributed by atoms with van der Waals surface area (Å²) in [6.45, 7) is 7.83. The molecule has 2 aliphatic heterocycles. The van der Waals surface area contributed by atoms with Gasteiger partial charge in [-0.2, -0.15) is 0 Å². The molecule has 0 aliphatic carbocycles. The number of rotatable bonds is 5. The number of hydrogen-bond donors (Lipinski definition) is 0. The van der Waals surface area contributed by atoms with Crippen molar-refractivity contribution in [3.05, 3.63) is 17.5 Å². The molecule has 7 nitrogen and oxygen atoms in total. The minimum Gasteiger partial charge on any atom is -0.383 e. The molecule has 25 heavy (non-hydrogen) atoms. The molecule has 140 valence electrons. The molecule has 2 saturated heterocycles. The molecule has 0 unspecified atom stereocenters. The Hall–Kier alpha value is -1.44. The first kappa shape index (κ1) is 18.4. The van der Waals surface area contributed by atoms with E-state index in [-0.39, 0.29) is 11.4 Å². The van der Waals surface area contributed by atoms with Crippen molar-refractivity contribution in [2.45, 2.75) is 38.3 Å². The number of aromatic nitrogens is 1. The van der Waals surface area contributed by atoms with Gasteiger partial charge in [0.05, 0.1) is 18.8 Å². The van der Waals surface area contributed by atoms with Crippen LogP contribution in [-0.2, 0) is 16.1 Å². The molecule has 0 N–H and O–H groups in total. The highest BCUT2D eigenvalue weighted by Crippen LogP contribution is 2.32. The van der Waals surface area contributed by atoms with Gasteiger partial charge < -0.3 is 14.2 Å². The average Bonchev–Trinajstić information content (AvgIpc) is 2.93. The van der Waals surface area contributed by atoms with E-state index in [0.29, 0.717) is 19.6 Å². The lowest BCUT2D eigenvalue weighted by Crippen LogP contribution is -2.60. The van der Waals surface area contributed by atoms with E-state index in [1.165, 1.54) is 0 Å². The number of nitrogens with zero attached hydrogens (tertiary/aromatic N) is 4. The maximum Gasteiger partial charge on any atom is 0.222 e. The normalized spacial score (nSPS) is 26.4. The lowest BCUT2D eigenvalue weighted by Gasteiger charge is -2.49. The third-order valence-corrected chi connectivity index (χ3v) is 5.70. The minimum atomic E-state index is 0.0603. The first-order chi connectivity index (χ1) is 12.0. The molecular weight excluding hydrogens is 320 g/mol. The summed E-state index contributed by atoms with van der Waals surface area (Å²) < 4.78 is 10.5. The van der Waals surface area contributed by atoms with E-state index >= 15 is 0 Å². The summed E-state index contributed by atoms with van der Waals surface area (Å²) in [7, 11) is 3.88. The van der Waals surface area contributed by atoms with E-state index in [4.69, 9.17) is 9.26 Å². The van der Waals surface area contributed by atoms with Crippen molar-refractivity contribution in [1.29, 1.82) is 0 Å². The molecule has 1 atom stereocenters. The third kappa shape index (κ3) is 4.22. The number of likely N-dealkylation sites (tertiary alicyclic amines) is 1. The number of hydrogen-bond acceptors (Lipinski definition) is 6. The minimum absolute atomic E-state index is 0.0603. The van der Waals surface area contributed by atoms with Crippen molar-refractivity contribution in [2.24, 2.45) is 0 Å². The number of piperazine rings is 1. The van der Waals surface area contributed by atoms with Crippen molar-refractivity contribution >= 4 is 5.91 Å². The molecule has 1 aromatic rings. The number of methoxy groups -OCH3 is 1. The van der Waals surface area contributed by atoms with E-state index in [2.05, 4.69) is 22.0 Å². The van der Waals surface area contributed by atoms with Crippen LogP contribution in [0.15, 0.2) is 10.6 Å². The molecule has 7 heteroatoms. The van der Waals surface area contributed by atoms with Crippen LogP contribution in [0.2, 0.25) is 0 Å². The maximum absolute atomic E-state index is 12.4. The second kappa shape index (κ2) is 7.85. The van der Waals surface area contributed by atoms with Crippen LogP contribution in [0, 0.1) is 6.92 Å². The Morgan fingerprint density at radius 1 is 1.32 bits per heavy atom. The number of amides is 1. The Kier molecular flexibility index (Phi) is 5.76. The molecule has 1 amide bonds.